The Balaban J connectivity index is 1.30. The topological polar surface area (TPSA) is 105 Å². The zero-order valence-electron chi connectivity index (χ0n) is 19.5. The first-order valence-electron chi connectivity index (χ1n) is 11.5. The summed E-state index contributed by atoms with van der Waals surface area (Å²) in [4.78, 5) is 38.4. The molecule has 2 N–H and O–H groups in total. The second-order valence-electron chi connectivity index (χ2n) is 9.16. The number of carboxylic acids is 1. The van der Waals surface area contributed by atoms with Crippen LogP contribution in [0.3, 0.4) is 0 Å². The third kappa shape index (κ3) is 4.63. The van der Waals surface area contributed by atoms with E-state index in [0.29, 0.717) is 13.0 Å². The lowest BCUT2D eigenvalue weighted by Crippen LogP contribution is -2.42. The van der Waals surface area contributed by atoms with Crippen LogP contribution in [0.2, 0.25) is 0 Å². The molecule has 2 aliphatic rings. The second kappa shape index (κ2) is 9.85. The molecule has 1 unspecified atom stereocenters. The molecular formula is C26H30N2O6. The number of amides is 2. The van der Waals surface area contributed by atoms with Gasteiger partial charge in [0.05, 0.1) is 6.61 Å². The van der Waals surface area contributed by atoms with Crippen molar-refractivity contribution >= 4 is 18.0 Å². The van der Waals surface area contributed by atoms with E-state index in [9.17, 15) is 19.5 Å². The Bertz CT molecular complexity index is 1040. The van der Waals surface area contributed by atoms with E-state index in [2.05, 4.69) is 29.6 Å². The number of aliphatic carboxylic acids is 1. The Morgan fingerprint density at radius 3 is 2.32 bits per heavy atom. The fourth-order valence-corrected chi connectivity index (χ4v) is 5.00. The quantitative estimate of drug-likeness (QED) is 0.619. The molecule has 1 aliphatic heterocycles. The van der Waals surface area contributed by atoms with Crippen molar-refractivity contribution in [1.29, 1.82) is 0 Å². The minimum absolute atomic E-state index is 0.0374. The number of nitrogens with zero attached hydrogens (tertiary/aromatic N) is 1. The van der Waals surface area contributed by atoms with Crippen LogP contribution in [0.4, 0.5) is 4.79 Å². The van der Waals surface area contributed by atoms with Crippen LogP contribution in [-0.4, -0.2) is 67.4 Å². The number of alkyl carbamates (subject to hydrolysis) is 1. The SMILES string of the molecule is COCC1(C(=O)O)CCN(C(=O)C[C@@H](C)NC(=O)OCC2c3ccccc3-c3ccccc32)C1. The number of hydrogen-bond acceptors (Lipinski definition) is 5. The average Bonchev–Trinajstić information content (AvgIpc) is 3.39. The Labute approximate surface area is 198 Å². The molecule has 2 aromatic rings. The molecule has 0 aromatic heterocycles. The molecule has 2 amide bonds. The summed E-state index contributed by atoms with van der Waals surface area (Å²) >= 11 is 0. The van der Waals surface area contributed by atoms with Gasteiger partial charge in [-0.25, -0.2) is 4.79 Å². The summed E-state index contributed by atoms with van der Waals surface area (Å²) in [6.07, 6.45) is -0.175. The minimum atomic E-state index is -1.08. The summed E-state index contributed by atoms with van der Waals surface area (Å²) in [5.41, 5.74) is 3.50. The van der Waals surface area contributed by atoms with E-state index in [4.69, 9.17) is 9.47 Å². The first-order valence-corrected chi connectivity index (χ1v) is 11.5. The van der Waals surface area contributed by atoms with Crippen molar-refractivity contribution < 1.29 is 29.0 Å². The van der Waals surface area contributed by atoms with Gasteiger partial charge in [-0.05, 0) is 35.6 Å². The number of ether oxygens (including phenoxy) is 2. The first kappa shape index (κ1) is 23.8. The summed E-state index contributed by atoms with van der Waals surface area (Å²) < 4.78 is 10.6. The van der Waals surface area contributed by atoms with Crippen molar-refractivity contribution in [3.63, 3.8) is 0 Å². The van der Waals surface area contributed by atoms with Crippen LogP contribution in [0.15, 0.2) is 48.5 Å². The van der Waals surface area contributed by atoms with Crippen LogP contribution in [0.5, 0.6) is 0 Å². The maximum absolute atomic E-state index is 12.7. The van der Waals surface area contributed by atoms with Gasteiger partial charge in [-0.15, -0.1) is 0 Å². The Morgan fingerprint density at radius 1 is 1.12 bits per heavy atom. The molecule has 0 radical (unpaired) electrons. The predicted molar refractivity (Wildman–Crippen MR) is 125 cm³/mol. The molecule has 8 heteroatoms. The van der Waals surface area contributed by atoms with Gasteiger partial charge >= 0.3 is 12.1 Å². The van der Waals surface area contributed by atoms with Crippen LogP contribution in [0.25, 0.3) is 11.1 Å². The van der Waals surface area contributed by atoms with Crippen molar-refractivity contribution in [2.24, 2.45) is 5.41 Å². The summed E-state index contributed by atoms with van der Waals surface area (Å²) in [5.74, 6) is -1.20. The fourth-order valence-electron chi connectivity index (χ4n) is 5.00. The van der Waals surface area contributed by atoms with E-state index in [1.807, 2.05) is 24.3 Å². The van der Waals surface area contributed by atoms with Gasteiger partial charge in [0.25, 0.3) is 0 Å². The van der Waals surface area contributed by atoms with Crippen LogP contribution in [0, 0.1) is 5.41 Å². The normalized spacial score (nSPS) is 19.9. The lowest BCUT2D eigenvalue weighted by atomic mass is 9.88. The van der Waals surface area contributed by atoms with E-state index < -0.39 is 23.5 Å². The van der Waals surface area contributed by atoms with Gasteiger partial charge in [-0.1, -0.05) is 48.5 Å². The molecule has 1 heterocycles. The Hall–Kier alpha value is -3.39. The third-order valence-electron chi connectivity index (χ3n) is 6.77. The number of carbonyl (C=O) groups is 3. The number of methoxy groups -OCH3 is 1. The number of carboxylic acid groups (broad SMARTS) is 1. The van der Waals surface area contributed by atoms with Crippen LogP contribution in [0.1, 0.15) is 36.8 Å². The van der Waals surface area contributed by atoms with E-state index in [1.54, 1.807) is 6.92 Å². The molecule has 8 nitrogen and oxygen atoms in total. The molecular weight excluding hydrogens is 436 g/mol. The number of carbonyl (C=O) groups excluding carboxylic acids is 2. The summed E-state index contributed by atoms with van der Waals surface area (Å²) in [7, 11) is 1.45. The zero-order chi connectivity index (χ0) is 24.3. The van der Waals surface area contributed by atoms with Crippen molar-refractivity contribution in [3.05, 3.63) is 59.7 Å². The number of hydrogen-bond donors (Lipinski definition) is 2. The minimum Gasteiger partial charge on any atom is -0.481 e. The highest BCUT2D eigenvalue weighted by Crippen LogP contribution is 2.44. The van der Waals surface area contributed by atoms with Crippen molar-refractivity contribution in [2.45, 2.75) is 31.7 Å². The van der Waals surface area contributed by atoms with Crippen molar-refractivity contribution in [3.8, 4) is 11.1 Å². The van der Waals surface area contributed by atoms with Crippen molar-refractivity contribution in [2.75, 3.05) is 33.4 Å². The lowest BCUT2D eigenvalue weighted by Gasteiger charge is -2.24. The molecule has 1 saturated heterocycles. The molecule has 1 fully saturated rings. The molecule has 34 heavy (non-hydrogen) atoms. The van der Waals surface area contributed by atoms with E-state index in [1.165, 1.54) is 12.0 Å². The molecule has 2 atom stereocenters. The fraction of sp³-hybridized carbons (Fsp3) is 0.423. The highest BCUT2D eigenvalue weighted by Gasteiger charge is 2.46. The van der Waals surface area contributed by atoms with Gasteiger partial charge < -0.3 is 24.8 Å². The largest absolute Gasteiger partial charge is 0.481 e. The second-order valence-corrected chi connectivity index (χ2v) is 9.16. The standard InChI is InChI=1S/C26H30N2O6/c1-17(13-23(29)28-12-11-26(15-28,16-33-2)24(30)31)27-25(32)34-14-22-20-9-5-3-7-18(20)19-8-4-6-10-21(19)22/h3-10,17,22H,11-16H2,1-2H3,(H,27,32)(H,30,31)/t17-,26?/m1/s1. The molecule has 0 bridgehead atoms. The highest BCUT2D eigenvalue weighted by atomic mass is 16.5. The van der Waals surface area contributed by atoms with E-state index in [0.717, 1.165) is 22.3 Å². The summed E-state index contributed by atoms with van der Waals surface area (Å²) in [5, 5.41) is 12.3. The van der Waals surface area contributed by atoms with Gasteiger partial charge in [0.2, 0.25) is 5.91 Å². The van der Waals surface area contributed by atoms with Gasteiger partial charge in [0.15, 0.2) is 0 Å². The molecule has 1 aliphatic carbocycles. The Morgan fingerprint density at radius 2 is 1.74 bits per heavy atom. The van der Waals surface area contributed by atoms with Crippen LogP contribution in [-0.2, 0) is 19.1 Å². The van der Waals surface area contributed by atoms with Crippen LogP contribution < -0.4 is 5.32 Å². The summed E-state index contributed by atoms with van der Waals surface area (Å²) in [6, 6.07) is 15.8. The van der Waals surface area contributed by atoms with E-state index in [-0.39, 0.29) is 38.0 Å². The molecule has 2 aromatic carbocycles. The number of likely N-dealkylation sites (tertiary alicyclic amines) is 1. The summed E-state index contributed by atoms with van der Waals surface area (Å²) in [6.45, 7) is 2.44. The van der Waals surface area contributed by atoms with Gasteiger partial charge in [-0.3, -0.25) is 9.59 Å². The lowest BCUT2D eigenvalue weighted by molar-refractivity contribution is -0.151. The number of benzene rings is 2. The number of nitrogens with one attached hydrogen (secondary N) is 1. The van der Waals surface area contributed by atoms with Gasteiger partial charge in [-0.2, -0.15) is 0 Å². The van der Waals surface area contributed by atoms with Gasteiger partial charge in [0.1, 0.15) is 12.0 Å². The number of fused-ring (bicyclic) bond motifs is 3. The van der Waals surface area contributed by atoms with E-state index >= 15 is 0 Å². The highest BCUT2D eigenvalue weighted by molar-refractivity contribution is 5.82. The third-order valence-corrected chi connectivity index (χ3v) is 6.77. The van der Waals surface area contributed by atoms with Crippen molar-refractivity contribution in [1.82, 2.24) is 10.2 Å². The maximum atomic E-state index is 12.7. The molecule has 0 saturated carbocycles. The monoisotopic (exact) mass is 466 g/mol. The molecule has 4 rings (SSSR count). The van der Waals surface area contributed by atoms with Crippen LogP contribution >= 0.6 is 0 Å². The Kier molecular flexibility index (Phi) is 6.88. The average molecular weight is 467 g/mol. The smallest absolute Gasteiger partial charge is 0.407 e. The number of rotatable bonds is 8. The van der Waals surface area contributed by atoms with Gasteiger partial charge in [0, 0.05) is 38.6 Å². The first-order chi connectivity index (χ1) is 16.3. The predicted octanol–water partition coefficient (Wildman–Crippen LogP) is 3.25. The zero-order valence-corrected chi connectivity index (χ0v) is 19.5. The maximum Gasteiger partial charge on any atom is 0.407 e. The molecule has 0 spiro atoms. The molecule has 180 valence electrons.